The normalized spacial score (nSPS) is 47.0. The van der Waals surface area contributed by atoms with E-state index >= 15 is 0 Å². The molecular weight excluding hydrogens is 292 g/mol. The van der Waals surface area contributed by atoms with Crippen LogP contribution in [-0.4, -0.2) is 10.7 Å². The molecule has 3 saturated carbocycles. The zero-order valence-corrected chi connectivity index (χ0v) is 15.4. The predicted octanol–water partition coefficient (Wildman–Crippen LogP) is 5.80. The Morgan fingerprint density at radius 3 is 2.92 bits per heavy atom. The first-order chi connectivity index (χ1) is 11.6. The zero-order valence-electron chi connectivity index (χ0n) is 15.4. The first-order valence-corrected chi connectivity index (χ1v) is 10.4. The van der Waals surface area contributed by atoms with E-state index in [2.05, 4.69) is 25.3 Å². The van der Waals surface area contributed by atoms with Gasteiger partial charge >= 0.3 is 0 Å². The molecule has 0 radical (unpaired) electrons. The van der Waals surface area contributed by atoms with Gasteiger partial charge in [0.2, 0.25) is 0 Å². The Labute approximate surface area is 147 Å². The summed E-state index contributed by atoms with van der Waals surface area (Å²) in [4.78, 5) is 0. The van der Waals surface area contributed by atoms with Crippen molar-refractivity contribution in [3.8, 4) is 0 Å². The highest BCUT2D eigenvalue weighted by Gasteiger charge is 2.63. The van der Waals surface area contributed by atoms with E-state index in [0.717, 1.165) is 24.2 Å². The lowest BCUT2D eigenvalue weighted by Gasteiger charge is -2.56. The Morgan fingerprint density at radius 2 is 2.12 bits per heavy atom. The third kappa shape index (κ3) is 2.24. The SMILES string of the molecule is C=C=C[C@]1(O)CC[C@H]2[C@@H]3CCC4=CCCC[C@@H]4[C@H]3CCC21CCC. The summed E-state index contributed by atoms with van der Waals surface area (Å²) in [6.45, 7) is 6.07. The lowest BCUT2D eigenvalue weighted by Crippen LogP contribution is -2.53. The monoisotopic (exact) mass is 326 g/mol. The Morgan fingerprint density at radius 1 is 1.25 bits per heavy atom. The van der Waals surface area contributed by atoms with Crippen molar-refractivity contribution < 1.29 is 5.11 Å². The molecule has 0 aromatic heterocycles. The fraction of sp³-hybridized carbons (Fsp3) is 0.783. The lowest BCUT2D eigenvalue weighted by atomic mass is 9.49. The van der Waals surface area contributed by atoms with E-state index in [1.54, 1.807) is 5.57 Å². The van der Waals surface area contributed by atoms with Gasteiger partial charge < -0.3 is 5.11 Å². The largest absolute Gasteiger partial charge is 0.385 e. The van der Waals surface area contributed by atoms with Crippen molar-refractivity contribution in [1.82, 2.24) is 0 Å². The van der Waals surface area contributed by atoms with Gasteiger partial charge in [0.1, 0.15) is 0 Å². The van der Waals surface area contributed by atoms with Crippen molar-refractivity contribution in [2.45, 2.75) is 83.2 Å². The average molecular weight is 327 g/mol. The van der Waals surface area contributed by atoms with Gasteiger partial charge in [0.05, 0.1) is 5.60 Å². The fourth-order valence-corrected chi connectivity index (χ4v) is 7.53. The third-order valence-electron chi connectivity index (χ3n) is 8.32. The molecule has 4 aliphatic carbocycles. The van der Waals surface area contributed by atoms with E-state index in [1.165, 1.54) is 64.2 Å². The smallest absolute Gasteiger partial charge is 0.0959 e. The molecule has 0 aliphatic heterocycles. The second kappa shape index (κ2) is 6.19. The predicted molar refractivity (Wildman–Crippen MR) is 99.6 cm³/mol. The van der Waals surface area contributed by atoms with Crippen molar-refractivity contribution in [3.05, 3.63) is 30.0 Å². The molecule has 1 N–H and O–H groups in total. The number of fused-ring (bicyclic) bond motifs is 5. The summed E-state index contributed by atoms with van der Waals surface area (Å²) in [6.07, 6.45) is 18.4. The van der Waals surface area contributed by atoms with Gasteiger partial charge in [-0.05, 0) is 94.0 Å². The van der Waals surface area contributed by atoms with Gasteiger partial charge in [-0.1, -0.05) is 31.6 Å². The highest BCUT2D eigenvalue weighted by molar-refractivity contribution is 5.23. The molecule has 1 unspecified atom stereocenters. The second-order valence-corrected chi connectivity index (χ2v) is 9.05. The molecule has 0 bridgehead atoms. The van der Waals surface area contributed by atoms with Crippen molar-refractivity contribution >= 4 is 0 Å². The summed E-state index contributed by atoms with van der Waals surface area (Å²) in [5, 5.41) is 11.5. The molecular formula is C23H34O. The maximum absolute atomic E-state index is 11.5. The maximum atomic E-state index is 11.5. The van der Waals surface area contributed by atoms with E-state index in [1.807, 2.05) is 6.08 Å². The van der Waals surface area contributed by atoms with Crippen LogP contribution in [0.2, 0.25) is 0 Å². The van der Waals surface area contributed by atoms with Crippen LogP contribution in [-0.2, 0) is 0 Å². The van der Waals surface area contributed by atoms with E-state index in [-0.39, 0.29) is 5.41 Å². The van der Waals surface area contributed by atoms with Crippen LogP contribution in [0, 0.1) is 29.1 Å². The molecule has 0 aromatic rings. The van der Waals surface area contributed by atoms with Crippen LogP contribution in [0.15, 0.2) is 30.0 Å². The highest BCUT2D eigenvalue weighted by atomic mass is 16.3. The van der Waals surface area contributed by atoms with E-state index in [0.29, 0.717) is 5.92 Å². The minimum Gasteiger partial charge on any atom is -0.385 e. The Bertz CT molecular complexity index is 569. The van der Waals surface area contributed by atoms with Gasteiger partial charge in [0, 0.05) is 5.41 Å². The molecule has 0 saturated heterocycles. The van der Waals surface area contributed by atoms with Gasteiger partial charge in [-0.3, -0.25) is 0 Å². The third-order valence-corrected chi connectivity index (χ3v) is 8.32. The zero-order chi connectivity index (χ0) is 16.8. The van der Waals surface area contributed by atoms with E-state index < -0.39 is 5.60 Å². The van der Waals surface area contributed by atoms with Crippen LogP contribution in [0.3, 0.4) is 0 Å². The van der Waals surface area contributed by atoms with Gasteiger partial charge in [0.15, 0.2) is 0 Å². The molecule has 4 aliphatic rings. The van der Waals surface area contributed by atoms with Crippen LogP contribution in [0.25, 0.3) is 0 Å². The molecule has 24 heavy (non-hydrogen) atoms. The summed E-state index contributed by atoms with van der Waals surface area (Å²) in [5.74, 6) is 3.34. The van der Waals surface area contributed by atoms with Crippen molar-refractivity contribution in [3.63, 3.8) is 0 Å². The summed E-state index contributed by atoms with van der Waals surface area (Å²) >= 11 is 0. The molecule has 6 atom stereocenters. The van der Waals surface area contributed by atoms with Crippen LogP contribution in [0.5, 0.6) is 0 Å². The van der Waals surface area contributed by atoms with Crippen LogP contribution in [0.1, 0.15) is 77.6 Å². The van der Waals surface area contributed by atoms with Gasteiger partial charge in [-0.2, -0.15) is 0 Å². The molecule has 0 spiro atoms. The van der Waals surface area contributed by atoms with E-state index in [4.69, 9.17) is 0 Å². The molecule has 0 amide bonds. The van der Waals surface area contributed by atoms with Crippen LogP contribution in [0.4, 0.5) is 0 Å². The minimum atomic E-state index is -0.650. The molecule has 4 rings (SSSR count). The van der Waals surface area contributed by atoms with Gasteiger partial charge in [-0.15, -0.1) is 5.73 Å². The lowest BCUT2D eigenvalue weighted by molar-refractivity contribution is -0.107. The number of rotatable bonds is 3. The maximum Gasteiger partial charge on any atom is 0.0959 e. The second-order valence-electron chi connectivity index (χ2n) is 9.05. The van der Waals surface area contributed by atoms with Crippen LogP contribution < -0.4 is 0 Å². The summed E-state index contributed by atoms with van der Waals surface area (Å²) in [6, 6.07) is 0. The van der Waals surface area contributed by atoms with Gasteiger partial charge in [-0.25, -0.2) is 0 Å². The van der Waals surface area contributed by atoms with E-state index in [9.17, 15) is 5.11 Å². The summed E-state index contributed by atoms with van der Waals surface area (Å²) in [7, 11) is 0. The first kappa shape index (κ1) is 16.7. The summed E-state index contributed by atoms with van der Waals surface area (Å²) in [5.41, 5.74) is 4.20. The van der Waals surface area contributed by atoms with Gasteiger partial charge in [0.25, 0.3) is 0 Å². The standard InChI is InChI=1S/C23H34O/c1-3-13-22-15-11-19-18-8-6-5-7-17(18)9-10-20(19)21(22)12-16-23(22,24)14-4-2/h7,14,18-21,24H,2-3,5-6,8-13,15-16H2,1H3/t18-,19+,20+,21-,22?,23-/m0/s1. The van der Waals surface area contributed by atoms with Crippen molar-refractivity contribution in [2.75, 3.05) is 0 Å². The highest BCUT2D eigenvalue weighted by Crippen LogP contribution is 2.66. The molecule has 1 heteroatoms. The number of allylic oxidation sites excluding steroid dienone is 2. The number of hydrogen-bond donors (Lipinski definition) is 1. The molecule has 132 valence electrons. The molecule has 0 aromatic carbocycles. The fourth-order valence-electron chi connectivity index (χ4n) is 7.53. The van der Waals surface area contributed by atoms with Crippen LogP contribution >= 0.6 is 0 Å². The number of aliphatic hydroxyl groups is 1. The van der Waals surface area contributed by atoms with Crippen molar-refractivity contribution in [2.24, 2.45) is 29.1 Å². The topological polar surface area (TPSA) is 20.2 Å². The molecule has 1 nitrogen and oxygen atoms in total. The Hall–Kier alpha value is -0.780. The minimum absolute atomic E-state index is 0.101. The first-order valence-electron chi connectivity index (χ1n) is 10.4. The Balaban J connectivity index is 1.68. The molecule has 3 fully saturated rings. The Kier molecular flexibility index (Phi) is 4.30. The quantitative estimate of drug-likeness (QED) is 0.513. The summed E-state index contributed by atoms with van der Waals surface area (Å²) < 4.78 is 0. The average Bonchev–Trinajstić information content (AvgIpc) is 2.88. The molecule has 0 heterocycles. The number of hydrogen-bond acceptors (Lipinski definition) is 1. The van der Waals surface area contributed by atoms with Crippen molar-refractivity contribution in [1.29, 1.82) is 0 Å².